The zero-order chi connectivity index (χ0) is 13.4. The van der Waals surface area contributed by atoms with E-state index in [4.69, 9.17) is 11.6 Å². The van der Waals surface area contributed by atoms with Crippen molar-refractivity contribution >= 4 is 11.9 Å². The van der Waals surface area contributed by atoms with Gasteiger partial charge in [0.15, 0.2) is 0 Å². The van der Waals surface area contributed by atoms with E-state index < -0.39 is 5.54 Å². The van der Waals surface area contributed by atoms with Gasteiger partial charge >= 0.3 is 0 Å². The fraction of sp³-hybridized carbons (Fsp3) is 0.429. The molecule has 1 atom stereocenters. The van der Waals surface area contributed by atoms with Crippen molar-refractivity contribution in [3.63, 3.8) is 0 Å². The lowest BCUT2D eigenvalue weighted by atomic mass is 9.92. The Labute approximate surface area is 109 Å². The number of aliphatic imine (C=N–C) groups is 1. The minimum Gasteiger partial charge on any atom is -0.323 e. The van der Waals surface area contributed by atoms with E-state index in [0.29, 0.717) is 12.3 Å². The molecule has 4 N–H and O–H groups in total. The molecule has 1 rings (SSSR count). The highest BCUT2D eigenvalue weighted by Gasteiger charge is 2.23. The molecule has 1 unspecified atom stereocenters. The third kappa shape index (κ3) is 4.30. The lowest BCUT2D eigenvalue weighted by Crippen LogP contribution is -2.46. The van der Waals surface area contributed by atoms with E-state index in [1.165, 1.54) is 0 Å². The van der Waals surface area contributed by atoms with Crippen LogP contribution >= 0.6 is 0 Å². The van der Waals surface area contributed by atoms with Gasteiger partial charge in [0, 0.05) is 6.21 Å². The number of hydrogen-bond acceptors (Lipinski definition) is 4. The van der Waals surface area contributed by atoms with Gasteiger partial charge in [-0.25, -0.2) is 0 Å². The van der Waals surface area contributed by atoms with Crippen molar-refractivity contribution in [3.05, 3.63) is 35.9 Å². The molecule has 0 fully saturated rings. The van der Waals surface area contributed by atoms with Crippen molar-refractivity contribution in [2.45, 2.75) is 38.8 Å². The smallest absolute Gasteiger partial charge is 0.0973 e. The highest BCUT2D eigenvalue weighted by molar-refractivity contribution is 6.34. The molecule has 1 aromatic rings. The summed E-state index contributed by atoms with van der Waals surface area (Å²) in [6.07, 6.45) is 3.50. The molecule has 98 valence electrons. The molecule has 0 aliphatic carbocycles. The van der Waals surface area contributed by atoms with E-state index in [0.717, 1.165) is 18.4 Å². The number of hydrazone groups is 1. The average Bonchev–Trinajstić information content (AvgIpc) is 2.35. The standard InChI is InChI=1S/C14H22N4/c1-3-9-14(2,15)13(18-16)11-17-10-12-7-5-4-6-8-12/h4-8,11H,3,9-10,15-16H2,1-2H3. The maximum absolute atomic E-state index is 6.16. The molecule has 0 radical (unpaired) electrons. The zero-order valence-corrected chi connectivity index (χ0v) is 11.1. The van der Waals surface area contributed by atoms with E-state index in [1.807, 2.05) is 37.3 Å². The Morgan fingerprint density at radius 3 is 2.56 bits per heavy atom. The van der Waals surface area contributed by atoms with Crippen LogP contribution in [0.25, 0.3) is 0 Å². The summed E-state index contributed by atoms with van der Waals surface area (Å²) in [7, 11) is 0. The lowest BCUT2D eigenvalue weighted by molar-refractivity contribution is 0.562. The van der Waals surface area contributed by atoms with E-state index in [2.05, 4.69) is 17.0 Å². The van der Waals surface area contributed by atoms with Gasteiger partial charge in [-0.3, -0.25) is 4.99 Å². The SMILES string of the molecule is CCCC(C)(N)C(C=NCc1ccccc1)=NN. The molecular formula is C14H22N4. The second kappa shape index (κ2) is 6.91. The van der Waals surface area contributed by atoms with Gasteiger partial charge in [0.1, 0.15) is 0 Å². The molecule has 4 nitrogen and oxygen atoms in total. The van der Waals surface area contributed by atoms with Gasteiger partial charge in [0.25, 0.3) is 0 Å². The van der Waals surface area contributed by atoms with Crippen molar-refractivity contribution in [3.8, 4) is 0 Å². The van der Waals surface area contributed by atoms with Crippen LogP contribution in [0.15, 0.2) is 40.4 Å². The largest absolute Gasteiger partial charge is 0.323 e. The highest BCUT2D eigenvalue weighted by atomic mass is 15.1. The molecule has 4 heteroatoms. The molecule has 18 heavy (non-hydrogen) atoms. The van der Waals surface area contributed by atoms with Crippen LogP contribution in [-0.2, 0) is 6.54 Å². The number of benzene rings is 1. The summed E-state index contributed by atoms with van der Waals surface area (Å²) in [6, 6.07) is 10.0. The van der Waals surface area contributed by atoms with Crippen molar-refractivity contribution < 1.29 is 0 Å². The van der Waals surface area contributed by atoms with Gasteiger partial charge in [-0.1, -0.05) is 43.7 Å². The molecule has 0 amide bonds. The first-order valence-corrected chi connectivity index (χ1v) is 6.21. The van der Waals surface area contributed by atoms with Gasteiger partial charge in [0.05, 0.1) is 17.8 Å². The predicted octanol–water partition coefficient (Wildman–Crippen LogP) is 2.09. The molecule has 0 heterocycles. The van der Waals surface area contributed by atoms with Crippen LogP contribution in [0.4, 0.5) is 0 Å². The van der Waals surface area contributed by atoms with E-state index in [-0.39, 0.29) is 0 Å². The second-order valence-electron chi connectivity index (χ2n) is 4.64. The molecule has 0 spiro atoms. The van der Waals surface area contributed by atoms with Gasteiger partial charge in [-0.2, -0.15) is 5.10 Å². The molecule has 0 aliphatic rings. The van der Waals surface area contributed by atoms with Crippen LogP contribution in [0.3, 0.4) is 0 Å². The summed E-state index contributed by atoms with van der Waals surface area (Å²) in [4.78, 5) is 4.35. The molecular weight excluding hydrogens is 224 g/mol. The number of rotatable bonds is 6. The van der Waals surface area contributed by atoms with E-state index >= 15 is 0 Å². The van der Waals surface area contributed by atoms with Crippen LogP contribution in [-0.4, -0.2) is 17.5 Å². The zero-order valence-electron chi connectivity index (χ0n) is 11.1. The van der Waals surface area contributed by atoms with Gasteiger partial charge < -0.3 is 11.6 Å². The van der Waals surface area contributed by atoms with Crippen LogP contribution in [0, 0.1) is 0 Å². The third-order valence-corrected chi connectivity index (χ3v) is 2.82. The molecule has 1 aromatic carbocycles. The van der Waals surface area contributed by atoms with Gasteiger partial charge in [0.2, 0.25) is 0 Å². The molecule has 0 bridgehead atoms. The van der Waals surface area contributed by atoms with Crippen molar-refractivity contribution in [2.75, 3.05) is 0 Å². The summed E-state index contributed by atoms with van der Waals surface area (Å²) in [6.45, 7) is 4.62. The van der Waals surface area contributed by atoms with Crippen molar-refractivity contribution in [1.29, 1.82) is 0 Å². The van der Waals surface area contributed by atoms with E-state index in [9.17, 15) is 0 Å². The second-order valence-corrected chi connectivity index (χ2v) is 4.64. The summed E-state index contributed by atoms with van der Waals surface area (Å²) in [5, 5.41) is 3.75. The minimum absolute atomic E-state index is 0.510. The summed E-state index contributed by atoms with van der Waals surface area (Å²) >= 11 is 0. The van der Waals surface area contributed by atoms with Crippen LogP contribution in [0.5, 0.6) is 0 Å². The third-order valence-electron chi connectivity index (χ3n) is 2.82. The van der Waals surface area contributed by atoms with Gasteiger partial charge in [-0.05, 0) is 18.9 Å². The first-order chi connectivity index (χ1) is 8.60. The Balaban J connectivity index is 2.65. The Hall–Kier alpha value is -1.68. The van der Waals surface area contributed by atoms with E-state index in [1.54, 1.807) is 6.21 Å². The maximum Gasteiger partial charge on any atom is 0.0973 e. The quantitative estimate of drug-likeness (QED) is 0.458. The lowest BCUT2D eigenvalue weighted by Gasteiger charge is -2.22. The Kier molecular flexibility index (Phi) is 5.52. The van der Waals surface area contributed by atoms with Crippen molar-refractivity contribution in [2.24, 2.45) is 21.7 Å². The number of nitrogens with two attached hydrogens (primary N) is 2. The monoisotopic (exact) mass is 246 g/mol. The van der Waals surface area contributed by atoms with Crippen LogP contribution in [0.1, 0.15) is 32.3 Å². The minimum atomic E-state index is -0.510. The van der Waals surface area contributed by atoms with Crippen LogP contribution in [0.2, 0.25) is 0 Å². The Morgan fingerprint density at radius 2 is 2.00 bits per heavy atom. The van der Waals surface area contributed by atoms with Crippen LogP contribution < -0.4 is 11.6 Å². The first-order valence-electron chi connectivity index (χ1n) is 6.21. The average molecular weight is 246 g/mol. The maximum atomic E-state index is 6.16. The fourth-order valence-corrected chi connectivity index (χ4v) is 1.80. The summed E-state index contributed by atoms with van der Waals surface area (Å²) < 4.78 is 0. The van der Waals surface area contributed by atoms with Gasteiger partial charge in [-0.15, -0.1) is 0 Å². The number of hydrogen-bond donors (Lipinski definition) is 2. The Bertz CT molecular complexity index is 407. The van der Waals surface area contributed by atoms with Crippen molar-refractivity contribution in [1.82, 2.24) is 0 Å². The predicted molar refractivity (Wildman–Crippen MR) is 77.8 cm³/mol. The summed E-state index contributed by atoms with van der Waals surface area (Å²) in [5.41, 5.74) is 7.44. The molecule has 0 saturated heterocycles. The molecule has 0 aliphatic heterocycles. The molecule has 0 aromatic heterocycles. The highest BCUT2D eigenvalue weighted by Crippen LogP contribution is 2.10. The summed E-state index contributed by atoms with van der Waals surface area (Å²) in [5.74, 6) is 5.39. The topological polar surface area (TPSA) is 76.8 Å². The molecule has 0 saturated carbocycles. The fourth-order valence-electron chi connectivity index (χ4n) is 1.80. The Morgan fingerprint density at radius 1 is 1.33 bits per heavy atom. The normalized spacial score (nSPS) is 15.8. The number of nitrogens with zero attached hydrogens (tertiary/aromatic N) is 2. The first kappa shape index (κ1) is 14.4.